The number of hydrogen-bond acceptors (Lipinski definition) is 5. The molecule has 106 valence electrons. The Morgan fingerprint density at radius 3 is 2.68 bits per heavy atom. The highest BCUT2D eigenvalue weighted by Gasteiger charge is 2.46. The molecular weight excluding hydrogens is 268 g/mol. The van der Waals surface area contributed by atoms with Crippen LogP contribution in [0.3, 0.4) is 0 Å². The Morgan fingerprint density at radius 2 is 2.16 bits per heavy atom. The molecule has 1 aliphatic rings. The number of carbonyl (C=O) groups excluding carboxylic acids is 2. The van der Waals surface area contributed by atoms with E-state index >= 15 is 0 Å². The van der Waals surface area contributed by atoms with Gasteiger partial charge in [-0.25, -0.2) is 0 Å². The van der Waals surface area contributed by atoms with Crippen LogP contribution in [0.15, 0.2) is 0 Å². The van der Waals surface area contributed by atoms with Gasteiger partial charge < -0.3 is 10.1 Å². The van der Waals surface area contributed by atoms with E-state index in [9.17, 15) is 13.8 Å². The molecule has 1 saturated carbocycles. The van der Waals surface area contributed by atoms with Gasteiger partial charge >= 0.3 is 5.97 Å². The molecule has 0 bridgehead atoms. The summed E-state index contributed by atoms with van der Waals surface area (Å²) in [5, 5.41) is 10.9. The van der Waals surface area contributed by atoms with Crippen molar-refractivity contribution in [3.63, 3.8) is 0 Å². The molecule has 0 radical (unpaired) electrons. The van der Waals surface area contributed by atoms with Gasteiger partial charge in [-0.05, 0) is 18.3 Å². The summed E-state index contributed by atoms with van der Waals surface area (Å²) in [5.74, 6) is -0.335. The molecule has 0 spiro atoms. The topological polar surface area (TPSA) is 96.3 Å². The molecule has 0 heterocycles. The summed E-state index contributed by atoms with van der Waals surface area (Å²) in [7, 11) is 0.0478. The van der Waals surface area contributed by atoms with Gasteiger partial charge in [0.05, 0.1) is 26.0 Å². The van der Waals surface area contributed by atoms with Gasteiger partial charge in [-0.3, -0.25) is 13.8 Å². The molecule has 7 heteroatoms. The smallest absolute Gasteiger partial charge is 0.306 e. The maximum Gasteiger partial charge on any atom is 0.306 e. The van der Waals surface area contributed by atoms with Crippen molar-refractivity contribution in [3.05, 3.63) is 0 Å². The van der Waals surface area contributed by atoms with Crippen molar-refractivity contribution in [1.82, 2.24) is 5.32 Å². The van der Waals surface area contributed by atoms with Gasteiger partial charge in [0.25, 0.3) is 0 Å². The molecule has 0 aliphatic heterocycles. The van der Waals surface area contributed by atoms with Gasteiger partial charge in [-0.2, -0.15) is 5.26 Å². The van der Waals surface area contributed by atoms with Gasteiger partial charge in [0.1, 0.15) is 5.75 Å². The number of esters is 1. The number of ether oxygens (including phenoxy) is 1. The Kier molecular flexibility index (Phi) is 5.96. The highest BCUT2D eigenvalue weighted by Crippen LogP contribution is 2.49. The van der Waals surface area contributed by atoms with E-state index in [2.05, 4.69) is 10.1 Å². The summed E-state index contributed by atoms with van der Waals surface area (Å²) in [5.41, 5.74) is -0.231. The minimum Gasteiger partial charge on any atom is -0.469 e. The predicted molar refractivity (Wildman–Crippen MR) is 69.4 cm³/mol. The molecule has 0 aromatic carbocycles. The third-order valence-corrected chi connectivity index (χ3v) is 4.54. The second kappa shape index (κ2) is 7.24. The molecule has 1 amide bonds. The average Bonchev–Trinajstić information content (AvgIpc) is 3.08. The fraction of sp³-hybridized carbons (Fsp3) is 0.750. The summed E-state index contributed by atoms with van der Waals surface area (Å²) < 4.78 is 16.5. The molecule has 19 heavy (non-hydrogen) atoms. The first-order chi connectivity index (χ1) is 9.01. The van der Waals surface area contributed by atoms with E-state index in [4.69, 9.17) is 5.26 Å². The van der Waals surface area contributed by atoms with Gasteiger partial charge in [0, 0.05) is 23.1 Å². The zero-order chi connectivity index (χ0) is 14.3. The zero-order valence-electron chi connectivity index (χ0n) is 10.9. The van der Waals surface area contributed by atoms with Crippen LogP contribution in [0.1, 0.15) is 25.7 Å². The molecular formula is C12H18N2O4S. The zero-order valence-corrected chi connectivity index (χ0v) is 11.8. The Morgan fingerprint density at radius 1 is 1.47 bits per heavy atom. The molecule has 1 rings (SSSR count). The number of hydrogen-bond donors (Lipinski definition) is 1. The highest BCUT2D eigenvalue weighted by molar-refractivity contribution is 7.85. The summed E-state index contributed by atoms with van der Waals surface area (Å²) in [6.45, 7) is 0.278. The molecule has 6 nitrogen and oxygen atoms in total. The molecule has 0 saturated heterocycles. The average molecular weight is 286 g/mol. The van der Waals surface area contributed by atoms with Gasteiger partial charge in [0.15, 0.2) is 0 Å². The van der Waals surface area contributed by atoms with Crippen LogP contribution in [-0.4, -0.2) is 41.2 Å². The van der Waals surface area contributed by atoms with Crippen molar-refractivity contribution in [2.45, 2.75) is 25.7 Å². The van der Waals surface area contributed by atoms with Crippen molar-refractivity contribution in [1.29, 1.82) is 5.26 Å². The quantitative estimate of drug-likeness (QED) is 0.504. The van der Waals surface area contributed by atoms with E-state index in [-0.39, 0.29) is 42.4 Å². The van der Waals surface area contributed by atoms with Crippen LogP contribution in [0.5, 0.6) is 0 Å². The summed E-state index contributed by atoms with van der Waals surface area (Å²) >= 11 is 0. The maximum atomic E-state index is 11.8. The first-order valence-electron chi connectivity index (χ1n) is 6.07. The molecule has 1 fully saturated rings. The Labute approximate surface area is 115 Å². The number of rotatable bonds is 8. The summed E-state index contributed by atoms with van der Waals surface area (Å²) in [4.78, 5) is 22.6. The number of nitrogens with one attached hydrogen (secondary N) is 1. The molecule has 0 aromatic heterocycles. The fourth-order valence-corrected chi connectivity index (χ4v) is 3.35. The molecule has 1 unspecified atom stereocenters. The minimum absolute atomic E-state index is 0.0750. The van der Waals surface area contributed by atoms with Crippen molar-refractivity contribution in [3.8, 4) is 6.07 Å². The number of carbonyl (C=O) groups is 2. The second-order valence-electron chi connectivity index (χ2n) is 4.74. The van der Waals surface area contributed by atoms with Crippen LogP contribution in [0, 0.1) is 16.7 Å². The standard InChI is InChI=1S/C12H18N2O4S/c1-18-11(16)7-12(3-4-12)9-19(17)8-10(15)14-6-2-5-13/h2-4,6-9H2,1H3,(H,14,15). The van der Waals surface area contributed by atoms with Gasteiger partial charge in [-0.1, -0.05) is 0 Å². The van der Waals surface area contributed by atoms with Crippen molar-refractivity contribution in [2.75, 3.05) is 25.2 Å². The third-order valence-electron chi connectivity index (χ3n) is 3.02. The maximum absolute atomic E-state index is 11.8. The van der Waals surface area contributed by atoms with Crippen LogP contribution in [0.25, 0.3) is 0 Å². The van der Waals surface area contributed by atoms with Crippen LogP contribution < -0.4 is 5.32 Å². The SMILES string of the molecule is COC(=O)CC1(CS(=O)CC(=O)NCCC#N)CC1. The van der Waals surface area contributed by atoms with E-state index in [0.29, 0.717) is 5.75 Å². The lowest BCUT2D eigenvalue weighted by molar-refractivity contribution is -0.141. The van der Waals surface area contributed by atoms with Crippen LogP contribution in [-0.2, 0) is 25.1 Å². The van der Waals surface area contributed by atoms with Crippen LogP contribution in [0.2, 0.25) is 0 Å². The van der Waals surface area contributed by atoms with Crippen LogP contribution in [0.4, 0.5) is 0 Å². The lowest BCUT2D eigenvalue weighted by Gasteiger charge is -2.12. The number of nitrogens with zero attached hydrogens (tertiary/aromatic N) is 1. The molecule has 0 aromatic rings. The third kappa shape index (κ3) is 5.83. The lowest BCUT2D eigenvalue weighted by atomic mass is 10.1. The normalized spacial score (nSPS) is 17.1. The monoisotopic (exact) mass is 286 g/mol. The van der Waals surface area contributed by atoms with E-state index in [1.165, 1.54) is 7.11 Å². The van der Waals surface area contributed by atoms with Gasteiger partial charge in [-0.15, -0.1) is 0 Å². The van der Waals surface area contributed by atoms with Crippen LogP contribution >= 0.6 is 0 Å². The van der Waals surface area contributed by atoms with Crippen molar-refractivity contribution in [2.24, 2.45) is 5.41 Å². The summed E-state index contributed by atoms with van der Waals surface area (Å²) in [6.07, 6.45) is 2.21. The lowest BCUT2D eigenvalue weighted by Crippen LogP contribution is -2.31. The molecule has 1 atom stereocenters. The molecule has 1 aliphatic carbocycles. The minimum atomic E-state index is -1.28. The number of nitriles is 1. The summed E-state index contributed by atoms with van der Waals surface area (Å²) in [6, 6.07) is 1.91. The fourth-order valence-electron chi connectivity index (χ4n) is 1.77. The Hall–Kier alpha value is -1.42. The molecule has 1 N–H and O–H groups in total. The van der Waals surface area contributed by atoms with E-state index in [1.54, 1.807) is 0 Å². The largest absolute Gasteiger partial charge is 0.469 e. The van der Waals surface area contributed by atoms with E-state index < -0.39 is 10.8 Å². The highest BCUT2D eigenvalue weighted by atomic mass is 32.2. The number of methoxy groups -OCH3 is 1. The first-order valence-corrected chi connectivity index (χ1v) is 7.55. The Bertz CT molecular complexity index is 412. The van der Waals surface area contributed by atoms with Crippen molar-refractivity contribution >= 4 is 22.7 Å². The second-order valence-corrected chi connectivity index (χ2v) is 6.20. The Balaban J connectivity index is 2.29. The first kappa shape index (κ1) is 15.6. The van der Waals surface area contributed by atoms with Gasteiger partial charge in [0.2, 0.25) is 5.91 Å². The van der Waals surface area contributed by atoms with E-state index in [0.717, 1.165) is 12.8 Å². The van der Waals surface area contributed by atoms with Crippen molar-refractivity contribution < 1.29 is 18.5 Å². The van der Waals surface area contributed by atoms with E-state index in [1.807, 2.05) is 6.07 Å². The predicted octanol–water partition coefficient (Wildman–Crippen LogP) is 0.108. The number of amides is 1.